The Morgan fingerprint density at radius 1 is 1.04 bits per heavy atom. The molecule has 132 valence electrons. The van der Waals surface area contributed by atoms with Crippen LogP contribution < -0.4 is 0 Å². The van der Waals surface area contributed by atoms with Crippen molar-refractivity contribution in [2.24, 2.45) is 11.8 Å². The second-order valence-corrected chi connectivity index (χ2v) is 7.37. The lowest BCUT2D eigenvalue weighted by atomic mass is 9.71. The minimum Gasteiger partial charge on any atom is -0.393 e. The standard InChI is InChI=1S/C20H20F3NO/c1-11-7-13(5-6-24-11)19-16-9-14(10-17(16)25)18(19)12-3-2-4-15(8-12)20(21,22)23/h2-8,14,16-19,25H,9-10H2,1H3. The van der Waals surface area contributed by atoms with Crippen LogP contribution >= 0.6 is 0 Å². The number of hydrogen-bond acceptors (Lipinski definition) is 2. The van der Waals surface area contributed by atoms with Gasteiger partial charge in [0, 0.05) is 11.9 Å². The first-order valence-electron chi connectivity index (χ1n) is 8.62. The van der Waals surface area contributed by atoms with E-state index in [2.05, 4.69) is 4.98 Å². The molecule has 0 radical (unpaired) electrons. The first-order chi connectivity index (χ1) is 11.8. The lowest BCUT2D eigenvalue weighted by Crippen LogP contribution is -2.29. The maximum absolute atomic E-state index is 13.1. The second kappa shape index (κ2) is 5.84. The van der Waals surface area contributed by atoms with E-state index in [9.17, 15) is 18.3 Å². The highest BCUT2D eigenvalue weighted by molar-refractivity contribution is 5.37. The van der Waals surface area contributed by atoms with Gasteiger partial charge in [0.05, 0.1) is 11.7 Å². The zero-order chi connectivity index (χ0) is 17.8. The molecule has 1 aromatic heterocycles. The lowest BCUT2D eigenvalue weighted by Gasteiger charge is -2.35. The Balaban J connectivity index is 1.77. The fourth-order valence-corrected chi connectivity index (χ4v) is 4.96. The summed E-state index contributed by atoms with van der Waals surface area (Å²) < 4.78 is 39.4. The summed E-state index contributed by atoms with van der Waals surface area (Å²) >= 11 is 0. The van der Waals surface area contributed by atoms with E-state index in [0.717, 1.165) is 29.3 Å². The average Bonchev–Trinajstić information content (AvgIpc) is 3.11. The molecule has 2 bridgehead atoms. The summed E-state index contributed by atoms with van der Waals surface area (Å²) in [6.45, 7) is 1.91. The molecule has 5 unspecified atom stereocenters. The molecule has 2 saturated carbocycles. The van der Waals surface area contributed by atoms with Crippen LogP contribution in [0.5, 0.6) is 0 Å². The van der Waals surface area contributed by atoms with Crippen LogP contribution in [0.15, 0.2) is 42.6 Å². The fraction of sp³-hybridized carbons (Fsp3) is 0.450. The number of fused-ring (bicyclic) bond motifs is 2. The summed E-state index contributed by atoms with van der Waals surface area (Å²) in [4.78, 5) is 4.23. The number of hydrogen-bond donors (Lipinski definition) is 1. The van der Waals surface area contributed by atoms with Gasteiger partial charge < -0.3 is 5.11 Å². The molecule has 2 aliphatic rings. The fourth-order valence-electron chi connectivity index (χ4n) is 4.96. The third-order valence-corrected chi connectivity index (χ3v) is 5.87. The molecule has 0 aliphatic heterocycles. The zero-order valence-electron chi connectivity index (χ0n) is 13.9. The van der Waals surface area contributed by atoms with Crippen LogP contribution in [0.2, 0.25) is 0 Å². The molecule has 2 aliphatic carbocycles. The van der Waals surface area contributed by atoms with Crippen LogP contribution in [0.4, 0.5) is 13.2 Å². The molecule has 0 saturated heterocycles. The van der Waals surface area contributed by atoms with Gasteiger partial charge in [-0.1, -0.05) is 18.2 Å². The van der Waals surface area contributed by atoms with Crippen LogP contribution in [-0.4, -0.2) is 16.2 Å². The smallest absolute Gasteiger partial charge is 0.393 e. The van der Waals surface area contributed by atoms with Crippen molar-refractivity contribution >= 4 is 0 Å². The van der Waals surface area contributed by atoms with E-state index in [1.165, 1.54) is 12.1 Å². The Morgan fingerprint density at radius 2 is 1.80 bits per heavy atom. The van der Waals surface area contributed by atoms with Gasteiger partial charge in [0.25, 0.3) is 0 Å². The van der Waals surface area contributed by atoms with E-state index < -0.39 is 11.7 Å². The number of halogens is 3. The molecule has 1 aromatic carbocycles. The van der Waals surface area contributed by atoms with Crippen molar-refractivity contribution < 1.29 is 18.3 Å². The van der Waals surface area contributed by atoms with E-state index >= 15 is 0 Å². The van der Waals surface area contributed by atoms with Gasteiger partial charge in [-0.05, 0) is 72.8 Å². The number of nitrogens with zero attached hydrogens (tertiary/aromatic N) is 1. The third-order valence-electron chi connectivity index (χ3n) is 5.87. The normalized spacial score (nSPS) is 31.5. The number of aliphatic hydroxyl groups is 1. The van der Waals surface area contributed by atoms with Crippen molar-refractivity contribution in [2.75, 3.05) is 0 Å². The molecule has 1 N–H and O–H groups in total. The molecule has 0 spiro atoms. The highest BCUT2D eigenvalue weighted by atomic mass is 19.4. The van der Waals surface area contributed by atoms with Crippen molar-refractivity contribution in [3.05, 3.63) is 65.0 Å². The molecule has 25 heavy (non-hydrogen) atoms. The Hall–Kier alpha value is -1.88. The number of aliphatic hydroxyl groups excluding tert-OH is 1. The summed E-state index contributed by atoms with van der Waals surface area (Å²) in [5.41, 5.74) is 2.09. The van der Waals surface area contributed by atoms with Crippen molar-refractivity contribution in [2.45, 2.75) is 43.9 Å². The Kier molecular flexibility index (Phi) is 3.87. The molecule has 5 atom stereocenters. The van der Waals surface area contributed by atoms with E-state index in [4.69, 9.17) is 0 Å². The maximum Gasteiger partial charge on any atom is 0.416 e. The summed E-state index contributed by atoms with van der Waals surface area (Å²) in [6, 6.07) is 9.64. The predicted molar refractivity (Wildman–Crippen MR) is 88.1 cm³/mol. The number of rotatable bonds is 2. The number of aromatic nitrogens is 1. The zero-order valence-corrected chi connectivity index (χ0v) is 13.9. The lowest BCUT2D eigenvalue weighted by molar-refractivity contribution is -0.137. The van der Waals surface area contributed by atoms with Crippen LogP contribution in [0.25, 0.3) is 0 Å². The molecular formula is C20H20F3NO. The second-order valence-electron chi connectivity index (χ2n) is 7.37. The summed E-state index contributed by atoms with van der Waals surface area (Å²) in [7, 11) is 0. The minimum atomic E-state index is -4.34. The summed E-state index contributed by atoms with van der Waals surface area (Å²) in [6.07, 6.45) is -1.42. The molecule has 2 fully saturated rings. The van der Waals surface area contributed by atoms with Gasteiger partial charge in [-0.15, -0.1) is 0 Å². The van der Waals surface area contributed by atoms with Crippen molar-refractivity contribution in [1.82, 2.24) is 4.98 Å². The summed E-state index contributed by atoms with van der Waals surface area (Å²) in [5, 5.41) is 10.4. The van der Waals surface area contributed by atoms with Crippen LogP contribution in [0, 0.1) is 18.8 Å². The first-order valence-corrected chi connectivity index (χ1v) is 8.62. The molecule has 2 nitrogen and oxygen atoms in total. The Morgan fingerprint density at radius 3 is 2.52 bits per heavy atom. The van der Waals surface area contributed by atoms with Gasteiger partial charge in [-0.25, -0.2) is 0 Å². The number of benzene rings is 1. The van der Waals surface area contributed by atoms with Gasteiger partial charge in [0.1, 0.15) is 0 Å². The maximum atomic E-state index is 13.1. The van der Waals surface area contributed by atoms with E-state index in [1.54, 1.807) is 12.3 Å². The minimum absolute atomic E-state index is 0.0116. The first kappa shape index (κ1) is 16.6. The SMILES string of the molecule is Cc1cc(C2C3CC(CC3O)C2c2cccc(C(F)(F)F)c2)ccn1. The quantitative estimate of drug-likeness (QED) is 0.856. The molecule has 4 rings (SSSR count). The summed E-state index contributed by atoms with van der Waals surface area (Å²) in [5.74, 6) is 0.379. The molecule has 2 aromatic rings. The van der Waals surface area contributed by atoms with Gasteiger partial charge in [-0.2, -0.15) is 13.2 Å². The van der Waals surface area contributed by atoms with Crippen molar-refractivity contribution in [3.63, 3.8) is 0 Å². The van der Waals surface area contributed by atoms with E-state index in [0.29, 0.717) is 6.42 Å². The molecule has 1 heterocycles. The van der Waals surface area contributed by atoms with Crippen molar-refractivity contribution in [3.8, 4) is 0 Å². The number of aryl methyl sites for hydroxylation is 1. The van der Waals surface area contributed by atoms with E-state index in [1.807, 2.05) is 19.1 Å². The average molecular weight is 347 g/mol. The van der Waals surface area contributed by atoms with Gasteiger partial charge in [0.15, 0.2) is 0 Å². The topological polar surface area (TPSA) is 33.1 Å². The third kappa shape index (κ3) is 2.84. The van der Waals surface area contributed by atoms with Gasteiger partial charge in [-0.3, -0.25) is 4.98 Å². The van der Waals surface area contributed by atoms with Crippen molar-refractivity contribution in [1.29, 1.82) is 0 Å². The predicted octanol–water partition coefficient (Wildman–Crippen LogP) is 4.68. The Bertz CT molecular complexity index is 789. The molecule has 0 amide bonds. The van der Waals surface area contributed by atoms with Gasteiger partial charge >= 0.3 is 6.18 Å². The monoisotopic (exact) mass is 347 g/mol. The van der Waals surface area contributed by atoms with Crippen LogP contribution in [0.1, 0.15) is 47.1 Å². The highest BCUT2D eigenvalue weighted by Gasteiger charge is 2.53. The van der Waals surface area contributed by atoms with E-state index in [-0.39, 0.29) is 29.8 Å². The van der Waals surface area contributed by atoms with Crippen LogP contribution in [-0.2, 0) is 6.18 Å². The van der Waals surface area contributed by atoms with Gasteiger partial charge in [0.2, 0.25) is 0 Å². The highest BCUT2D eigenvalue weighted by Crippen LogP contribution is 2.60. The van der Waals surface area contributed by atoms with Crippen LogP contribution in [0.3, 0.4) is 0 Å². The molecule has 5 heteroatoms. The molecular weight excluding hydrogens is 327 g/mol. The number of pyridine rings is 1. The Labute approximate surface area is 144 Å². The number of alkyl halides is 3. The largest absolute Gasteiger partial charge is 0.416 e.